The van der Waals surface area contributed by atoms with Crippen molar-refractivity contribution in [2.24, 2.45) is 0 Å². The Morgan fingerprint density at radius 1 is 1.00 bits per heavy atom. The van der Waals surface area contributed by atoms with Gasteiger partial charge in [0.2, 0.25) is 0 Å². The van der Waals surface area contributed by atoms with Gasteiger partial charge in [-0.1, -0.05) is 30.3 Å². The van der Waals surface area contributed by atoms with Crippen molar-refractivity contribution in [2.45, 2.75) is 39.4 Å². The second-order valence-electron chi connectivity index (χ2n) is 7.03. The monoisotopic (exact) mass is 310 g/mol. The Balaban J connectivity index is 1.92. The molecule has 23 heavy (non-hydrogen) atoms. The lowest BCUT2D eigenvalue weighted by molar-refractivity contribution is 0.425. The molecular weight excluding hydrogens is 287 g/mol. The van der Waals surface area contributed by atoms with Crippen LogP contribution in [-0.4, -0.2) is 10.1 Å². The van der Waals surface area contributed by atoms with Gasteiger partial charge >= 0.3 is 0 Å². The standard InChI is InChI=1S/C20H23FN2/c1-20(2,3)22-12-16-14-23(19-7-5-4-6-18(16)19)13-15-8-10-17(21)11-9-15/h4-11,14,22H,12-13H2,1-3H3. The smallest absolute Gasteiger partial charge is 0.123 e. The molecule has 0 bridgehead atoms. The molecule has 0 atom stereocenters. The number of rotatable bonds is 4. The van der Waals surface area contributed by atoms with E-state index in [9.17, 15) is 4.39 Å². The van der Waals surface area contributed by atoms with E-state index >= 15 is 0 Å². The maximum absolute atomic E-state index is 13.1. The van der Waals surface area contributed by atoms with E-state index in [1.807, 2.05) is 12.1 Å². The van der Waals surface area contributed by atoms with E-state index in [1.54, 1.807) is 0 Å². The average Bonchev–Trinajstić information content (AvgIpc) is 2.85. The number of hydrogen-bond donors (Lipinski definition) is 1. The molecule has 0 aliphatic heterocycles. The first-order valence-corrected chi connectivity index (χ1v) is 7.99. The Morgan fingerprint density at radius 3 is 2.39 bits per heavy atom. The van der Waals surface area contributed by atoms with Gasteiger partial charge in [-0.3, -0.25) is 0 Å². The van der Waals surface area contributed by atoms with Gasteiger partial charge in [0.05, 0.1) is 0 Å². The van der Waals surface area contributed by atoms with E-state index in [1.165, 1.54) is 28.6 Å². The minimum atomic E-state index is -0.193. The number of benzene rings is 2. The zero-order valence-electron chi connectivity index (χ0n) is 13.9. The van der Waals surface area contributed by atoms with Crippen LogP contribution in [0.2, 0.25) is 0 Å². The lowest BCUT2D eigenvalue weighted by Gasteiger charge is -2.20. The van der Waals surface area contributed by atoms with Crippen molar-refractivity contribution in [3.63, 3.8) is 0 Å². The van der Waals surface area contributed by atoms with Gasteiger partial charge in [0.25, 0.3) is 0 Å². The summed E-state index contributed by atoms with van der Waals surface area (Å²) in [5.74, 6) is -0.193. The fourth-order valence-corrected chi connectivity index (χ4v) is 2.74. The van der Waals surface area contributed by atoms with E-state index in [0.717, 1.165) is 18.7 Å². The third-order valence-electron chi connectivity index (χ3n) is 3.95. The van der Waals surface area contributed by atoms with Crippen molar-refractivity contribution in [3.8, 4) is 0 Å². The molecule has 120 valence electrons. The molecule has 0 unspecified atom stereocenters. The summed E-state index contributed by atoms with van der Waals surface area (Å²) in [6.45, 7) is 8.09. The number of fused-ring (bicyclic) bond motifs is 1. The molecule has 0 aliphatic rings. The first-order chi connectivity index (χ1) is 10.9. The molecule has 1 aromatic heterocycles. The summed E-state index contributed by atoms with van der Waals surface area (Å²) in [6, 6.07) is 15.2. The lowest BCUT2D eigenvalue weighted by atomic mass is 10.1. The van der Waals surface area contributed by atoms with Crippen LogP contribution in [0.4, 0.5) is 4.39 Å². The van der Waals surface area contributed by atoms with E-state index < -0.39 is 0 Å². The van der Waals surface area contributed by atoms with Gasteiger partial charge in [-0.05, 0) is 50.1 Å². The van der Waals surface area contributed by atoms with E-state index in [2.05, 4.69) is 61.1 Å². The first-order valence-electron chi connectivity index (χ1n) is 7.99. The average molecular weight is 310 g/mol. The third kappa shape index (κ3) is 3.80. The quantitative estimate of drug-likeness (QED) is 0.738. The molecule has 0 aliphatic carbocycles. The van der Waals surface area contributed by atoms with Crippen molar-refractivity contribution < 1.29 is 4.39 Å². The SMILES string of the molecule is CC(C)(C)NCc1cn(Cc2ccc(F)cc2)c2ccccc12. The maximum Gasteiger partial charge on any atom is 0.123 e. The highest BCUT2D eigenvalue weighted by Crippen LogP contribution is 2.23. The number of nitrogens with zero attached hydrogens (tertiary/aromatic N) is 1. The molecule has 2 nitrogen and oxygen atoms in total. The molecule has 0 amide bonds. The molecule has 1 heterocycles. The highest BCUT2D eigenvalue weighted by Gasteiger charge is 2.12. The fourth-order valence-electron chi connectivity index (χ4n) is 2.74. The topological polar surface area (TPSA) is 17.0 Å². The zero-order chi connectivity index (χ0) is 16.4. The third-order valence-corrected chi connectivity index (χ3v) is 3.95. The molecule has 2 aromatic carbocycles. The fraction of sp³-hybridized carbons (Fsp3) is 0.300. The molecule has 3 rings (SSSR count). The summed E-state index contributed by atoms with van der Waals surface area (Å²) in [5, 5.41) is 4.82. The maximum atomic E-state index is 13.1. The van der Waals surface area contributed by atoms with E-state index in [-0.39, 0.29) is 11.4 Å². The molecule has 0 radical (unpaired) electrons. The van der Waals surface area contributed by atoms with Crippen LogP contribution < -0.4 is 5.32 Å². The summed E-state index contributed by atoms with van der Waals surface area (Å²) in [6.07, 6.45) is 2.20. The highest BCUT2D eigenvalue weighted by molar-refractivity contribution is 5.84. The number of aromatic nitrogens is 1. The zero-order valence-corrected chi connectivity index (χ0v) is 13.9. The molecular formula is C20H23FN2. The van der Waals surface area contributed by atoms with Gasteiger partial charge in [-0.15, -0.1) is 0 Å². The van der Waals surface area contributed by atoms with E-state index in [4.69, 9.17) is 0 Å². The largest absolute Gasteiger partial charge is 0.343 e. The van der Waals surface area contributed by atoms with Crippen LogP contribution in [0.5, 0.6) is 0 Å². The summed E-state index contributed by atoms with van der Waals surface area (Å²) in [5.41, 5.74) is 3.68. The van der Waals surface area contributed by atoms with Crippen LogP contribution in [0.15, 0.2) is 54.7 Å². The van der Waals surface area contributed by atoms with Crippen LogP contribution >= 0.6 is 0 Å². The summed E-state index contributed by atoms with van der Waals surface area (Å²) < 4.78 is 15.3. The van der Waals surface area contributed by atoms with Gasteiger partial charge in [0, 0.05) is 35.7 Å². The molecule has 3 heteroatoms. The molecule has 0 spiro atoms. The van der Waals surface area contributed by atoms with Crippen molar-refractivity contribution in [3.05, 3.63) is 71.7 Å². The van der Waals surface area contributed by atoms with Crippen molar-refractivity contribution in [1.29, 1.82) is 0 Å². The Morgan fingerprint density at radius 2 is 1.70 bits per heavy atom. The predicted octanol–water partition coefficient (Wildman–Crippen LogP) is 4.72. The van der Waals surface area contributed by atoms with Gasteiger partial charge in [0.1, 0.15) is 5.82 Å². The second-order valence-corrected chi connectivity index (χ2v) is 7.03. The van der Waals surface area contributed by atoms with Gasteiger partial charge < -0.3 is 9.88 Å². The lowest BCUT2D eigenvalue weighted by Crippen LogP contribution is -2.34. The number of hydrogen-bond acceptors (Lipinski definition) is 1. The summed E-state index contributed by atoms with van der Waals surface area (Å²) >= 11 is 0. The second kappa shape index (κ2) is 6.17. The Bertz CT molecular complexity index is 795. The van der Waals surface area contributed by atoms with Crippen LogP contribution in [0.1, 0.15) is 31.9 Å². The molecule has 3 aromatic rings. The first kappa shape index (κ1) is 15.8. The predicted molar refractivity (Wildman–Crippen MR) is 94.0 cm³/mol. The van der Waals surface area contributed by atoms with Gasteiger partial charge in [-0.2, -0.15) is 0 Å². The minimum Gasteiger partial charge on any atom is -0.343 e. The van der Waals surface area contributed by atoms with Crippen LogP contribution in [-0.2, 0) is 13.1 Å². The number of para-hydroxylation sites is 1. The molecule has 1 N–H and O–H groups in total. The Hall–Kier alpha value is -2.13. The molecule has 0 fully saturated rings. The van der Waals surface area contributed by atoms with Crippen LogP contribution in [0.3, 0.4) is 0 Å². The van der Waals surface area contributed by atoms with Gasteiger partial charge in [-0.25, -0.2) is 4.39 Å². The van der Waals surface area contributed by atoms with E-state index in [0.29, 0.717) is 0 Å². The number of halogens is 1. The summed E-state index contributed by atoms with van der Waals surface area (Å²) in [7, 11) is 0. The summed E-state index contributed by atoms with van der Waals surface area (Å²) in [4.78, 5) is 0. The van der Waals surface area contributed by atoms with Crippen LogP contribution in [0.25, 0.3) is 10.9 Å². The number of nitrogens with one attached hydrogen (secondary N) is 1. The Kier molecular flexibility index (Phi) is 4.22. The van der Waals surface area contributed by atoms with Crippen molar-refractivity contribution in [2.75, 3.05) is 0 Å². The van der Waals surface area contributed by atoms with Crippen molar-refractivity contribution >= 4 is 10.9 Å². The van der Waals surface area contributed by atoms with Crippen molar-refractivity contribution in [1.82, 2.24) is 9.88 Å². The normalized spacial score (nSPS) is 12.0. The molecule has 0 saturated heterocycles. The molecule has 0 saturated carbocycles. The highest BCUT2D eigenvalue weighted by atomic mass is 19.1. The van der Waals surface area contributed by atoms with Gasteiger partial charge in [0.15, 0.2) is 0 Å². The Labute approximate surface area is 136 Å². The minimum absolute atomic E-state index is 0.0835. The van der Waals surface area contributed by atoms with Crippen LogP contribution in [0, 0.1) is 5.82 Å².